The van der Waals surface area contributed by atoms with E-state index in [1.165, 1.54) is 19.2 Å². The molecule has 0 saturated carbocycles. The van der Waals surface area contributed by atoms with Crippen molar-refractivity contribution in [2.45, 2.75) is 40.2 Å². The zero-order valence-electron chi connectivity index (χ0n) is 13.7. The minimum atomic E-state index is -0.627. The van der Waals surface area contributed by atoms with Gasteiger partial charge in [0, 0.05) is 0 Å². The van der Waals surface area contributed by atoms with E-state index in [0.717, 1.165) is 17.3 Å². The van der Waals surface area contributed by atoms with Gasteiger partial charge in [-0.1, -0.05) is 25.6 Å². The van der Waals surface area contributed by atoms with E-state index in [4.69, 9.17) is 21.6 Å². The van der Waals surface area contributed by atoms with Gasteiger partial charge in [-0.15, -0.1) is 0 Å². The summed E-state index contributed by atoms with van der Waals surface area (Å²) in [5, 5.41) is 9.55. The SMILES string of the molecule is CC.CC(C)(C)OC(=O)N/C(N)=C/C=C(\N)SC=N.CN. The molecule has 1 amide bonds. The van der Waals surface area contributed by atoms with Gasteiger partial charge < -0.3 is 27.3 Å². The van der Waals surface area contributed by atoms with E-state index in [1.54, 1.807) is 20.8 Å². The smallest absolute Gasteiger partial charge is 0.413 e. The van der Waals surface area contributed by atoms with Crippen LogP contribution in [0.1, 0.15) is 34.6 Å². The quantitative estimate of drug-likeness (QED) is 0.305. The molecule has 0 aromatic heterocycles. The molecule has 0 atom stereocenters. The fourth-order valence-electron chi connectivity index (χ4n) is 0.742. The van der Waals surface area contributed by atoms with Crippen LogP contribution >= 0.6 is 11.8 Å². The molecule has 0 bridgehead atoms. The summed E-state index contributed by atoms with van der Waals surface area (Å²) in [6.45, 7) is 9.27. The Hall–Kier alpha value is -1.67. The second-order valence-electron chi connectivity index (χ2n) is 4.05. The Kier molecular flexibility index (Phi) is 17.1. The standard InChI is InChI=1S/C10H18N4O2S.C2H6.CH5N/c1-10(2,3)16-9(15)14-7(12)4-5-8(13)17-6-11;2*1-2/h4-6,11H,12-13H2,1-3H3,(H,14,15);1-2H3;2H2,1H3/b7-4+,8-5+,11-6?;;. The summed E-state index contributed by atoms with van der Waals surface area (Å²) in [4.78, 5) is 11.3. The number of carbonyl (C=O) groups is 1. The number of carbonyl (C=O) groups excluding carboxylic acids is 1. The van der Waals surface area contributed by atoms with Crippen molar-refractivity contribution in [2.24, 2.45) is 17.2 Å². The molecular formula is C13H29N5O2S. The second-order valence-corrected chi connectivity index (χ2v) is 5.00. The number of ether oxygens (including phenoxy) is 1. The van der Waals surface area contributed by atoms with Gasteiger partial charge in [-0.25, -0.2) is 4.79 Å². The van der Waals surface area contributed by atoms with Crippen LogP contribution in [0.15, 0.2) is 23.0 Å². The molecular weight excluding hydrogens is 290 g/mol. The number of amides is 1. The van der Waals surface area contributed by atoms with Crippen molar-refractivity contribution in [1.29, 1.82) is 5.41 Å². The van der Waals surface area contributed by atoms with Gasteiger partial charge in [0.2, 0.25) is 0 Å². The molecule has 0 heterocycles. The molecule has 0 radical (unpaired) electrons. The molecule has 0 aromatic rings. The van der Waals surface area contributed by atoms with Crippen LogP contribution in [0.5, 0.6) is 0 Å². The van der Waals surface area contributed by atoms with E-state index in [2.05, 4.69) is 11.1 Å². The maximum Gasteiger partial charge on any atom is 0.413 e. The first-order chi connectivity index (χ1) is 9.74. The molecule has 7 nitrogen and oxygen atoms in total. The average molecular weight is 319 g/mol. The molecule has 0 saturated heterocycles. The molecule has 21 heavy (non-hydrogen) atoms. The lowest BCUT2D eigenvalue weighted by atomic mass is 10.2. The minimum Gasteiger partial charge on any atom is -0.444 e. The lowest BCUT2D eigenvalue weighted by Gasteiger charge is -2.19. The summed E-state index contributed by atoms with van der Waals surface area (Å²) in [7, 11) is 1.50. The number of alkyl carbamates (subject to hydrolysis) is 1. The van der Waals surface area contributed by atoms with Crippen LogP contribution in [-0.2, 0) is 4.74 Å². The Balaban J connectivity index is -0.000000739. The van der Waals surface area contributed by atoms with E-state index in [1.807, 2.05) is 13.8 Å². The van der Waals surface area contributed by atoms with Crippen molar-refractivity contribution < 1.29 is 9.53 Å². The van der Waals surface area contributed by atoms with Crippen molar-refractivity contribution in [3.05, 3.63) is 23.0 Å². The van der Waals surface area contributed by atoms with Crippen molar-refractivity contribution >= 4 is 23.4 Å². The van der Waals surface area contributed by atoms with E-state index in [9.17, 15) is 4.79 Å². The summed E-state index contributed by atoms with van der Waals surface area (Å²) >= 11 is 1.04. The maximum absolute atomic E-state index is 11.3. The van der Waals surface area contributed by atoms with Gasteiger partial charge in [0.15, 0.2) is 0 Å². The highest BCUT2D eigenvalue weighted by molar-refractivity contribution is 8.15. The predicted octanol–water partition coefficient (Wildman–Crippen LogP) is 2.05. The van der Waals surface area contributed by atoms with Crippen LogP contribution < -0.4 is 22.5 Å². The van der Waals surface area contributed by atoms with Crippen LogP contribution in [0.4, 0.5) is 4.79 Å². The summed E-state index contributed by atoms with van der Waals surface area (Å²) in [6, 6.07) is 0. The number of nitrogens with two attached hydrogens (primary N) is 3. The Morgan fingerprint density at radius 2 is 1.67 bits per heavy atom. The lowest BCUT2D eigenvalue weighted by Crippen LogP contribution is -2.34. The topological polar surface area (TPSA) is 140 Å². The van der Waals surface area contributed by atoms with Crippen molar-refractivity contribution in [1.82, 2.24) is 5.32 Å². The second kappa shape index (κ2) is 14.7. The number of hydrogen-bond acceptors (Lipinski definition) is 7. The monoisotopic (exact) mass is 319 g/mol. The van der Waals surface area contributed by atoms with E-state index in [0.29, 0.717) is 5.03 Å². The largest absolute Gasteiger partial charge is 0.444 e. The Labute approximate surface area is 131 Å². The fourth-order valence-corrected chi connectivity index (χ4v) is 1.03. The lowest BCUT2D eigenvalue weighted by molar-refractivity contribution is 0.0545. The van der Waals surface area contributed by atoms with E-state index < -0.39 is 11.7 Å². The predicted molar refractivity (Wildman–Crippen MR) is 91.7 cm³/mol. The maximum atomic E-state index is 11.3. The number of rotatable bonds is 4. The van der Waals surface area contributed by atoms with Gasteiger partial charge in [-0.3, -0.25) is 5.32 Å². The third kappa shape index (κ3) is 20.8. The molecule has 0 aliphatic heterocycles. The van der Waals surface area contributed by atoms with Gasteiger partial charge in [0.25, 0.3) is 0 Å². The first-order valence-corrected chi connectivity index (χ1v) is 7.29. The normalized spacial score (nSPS) is 11.2. The number of allylic oxidation sites excluding steroid dienone is 2. The zero-order valence-corrected chi connectivity index (χ0v) is 14.5. The van der Waals surface area contributed by atoms with Gasteiger partial charge in [0.1, 0.15) is 11.4 Å². The zero-order chi connectivity index (χ0) is 17.5. The molecule has 0 aromatic carbocycles. The van der Waals surface area contributed by atoms with Crippen molar-refractivity contribution in [3.8, 4) is 0 Å². The van der Waals surface area contributed by atoms with Gasteiger partial charge in [-0.2, -0.15) is 0 Å². The van der Waals surface area contributed by atoms with Gasteiger partial charge >= 0.3 is 6.09 Å². The summed E-state index contributed by atoms with van der Waals surface area (Å²) in [5.41, 5.74) is 16.0. The fraction of sp³-hybridized carbons (Fsp3) is 0.538. The summed E-state index contributed by atoms with van der Waals surface area (Å²) < 4.78 is 5.00. The molecule has 0 rings (SSSR count). The number of nitrogens with one attached hydrogen (secondary N) is 2. The Bertz CT molecular complexity index is 349. The van der Waals surface area contributed by atoms with Crippen LogP contribution in [0, 0.1) is 5.41 Å². The van der Waals surface area contributed by atoms with Crippen LogP contribution in [0.25, 0.3) is 0 Å². The number of thioether (sulfide) groups is 1. The minimum absolute atomic E-state index is 0.118. The Morgan fingerprint density at radius 3 is 2.05 bits per heavy atom. The highest BCUT2D eigenvalue weighted by atomic mass is 32.2. The molecule has 0 aliphatic rings. The molecule has 0 fully saturated rings. The van der Waals surface area contributed by atoms with Gasteiger partial charge in [-0.05, 0) is 40.0 Å². The molecule has 8 heteroatoms. The first-order valence-electron chi connectivity index (χ1n) is 6.41. The van der Waals surface area contributed by atoms with E-state index in [-0.39, 0.29) is 5.82 Å². The van der Waals surface area contributed by atoms with Gasteiger partial charge in [0.05, 0.1) is 10.6 Å². The first kappa shape index (κ1) is 24.4. The van der Waals surface area contributed by atoms with Crippen LogP contribution in [0.2, 0.25) is 0 Å². The highest BCUT2D eigenvalue weighted by Crippen LogP contribution is 2.07. The summed E-state index contributed by atoms with van der Waals surface area (Å²) in [5.74, 6) is 0.118. The molecule has 0 aliphatic carbocycles. The Morgan fingerprint density at radius 1 is 1.19 bits per heavy atom. The third-order valence-electron chi connectivity index (χ3n) is 1.27. The molecule has 0 spiro atoms. The molecule has 8 N–H and O–H groups in total. The van der Waals surface area contributed by atoms with E-state index >= 15 is 0 Å². The summed E-state index contributed by atoms with van der Waals surface area (Å²) in [6.07, 6.45) is 2.29. The number of hydrogen-bond donors (Lipinski definition) is 5. The highest BCUT2D eigenvalue weighted by Gasteiger charge is 2.15. The molecule has 0 unspecified atom stereocenters. The average Bonchev–Trinajstić information content (AvgIpc) is 2.39. The van der Waals surface area contributed by atoms with Crippen LogP contribution in [0.3, 0.4) is 0 Å². The van der Waals surface area contributed by atoms with Crippen LogP contribution in [-0.4, -0.2) is 24.3 Å². The molecule has 124 valence electrons. The third-order valence-corrected chi connectivity index (χ3v) is 1.79. The van der Waals surface area contributed by atoms with Crippen molar-refractivity contribution in [2.75, 3.05) is 7.05 Å². The van der Waals surface area contributed by atoms with Crippen molar-refractivity contribution in [3.63, 3.8) is 0 Å².